The van der Waals surface area contributed by atoms with Crippen molar-refractivity contribution in [1.82, 2.24) is 0 Å². The molecule has 0 saturated carbocycles. The number of nitrogens with one attached hydrogen (secondary N) is 1. The van der Waals surface area contributed by atoms with Gasteiger partial charge >= 0.3 is 0 Å². The number of anilines is 1. The minimum absolute atomic E-state index is 0.0493. The van der Waals surface area contributed by atoms with Gasteiger partial charge in [0.15, 0.2) is 0 Å². The molecule has 0 aliphatic rings. The highest BCUT2D eigenvalue weighted by Crippen LogP contribution is 2.21. The summed E-state index contributed by atoms with van der Waals surface area (Å²) in [6.45, 7) is 1.53. The Morgan fingerprint density at radius 3 is 2.52 bits per heavy atom. The van der Waals surface area contributed by atoms with Crippen LogP contribution in [0.15, 0.2) is 47.4 Å². The number of carbonyl (C=O) groups excluding carboxylic acids is 1. The van der Waals surface area contributed by atoms with E-state index in [0.717, 1.165) is 12.1 Å². The molecule has 0 radical (unpaired) electrons. The Balaban J connectivity index is 2.44. The SMILES string of the molecule is Cc1ccc(C(=O)[O-])cc1S(=O)(=O)Nc1cccc(F)c1. The Morgan fingerprint density at radius 2 is 1.90 bits per heavy atom. The van der Waals surface area contributed by atoms with Gasteiger partial charge in [-0.2, -0.15) is 0 Å². The van der Waals surface area contributed by atoms with E-state index in [1.807, 2.05) is 0 Å². The summed E-state index contributed by atoms with van der Waals surface area (Å²) in [6.07, 6.45) is 0. The molecule has 0 aliphatic carbocycles. The van der Waals surface area contributed by atoms with Crippen LogP contribution in [-0.4, -0.2) is 14.4 Å². The largest absolute Gasteiger partial charge is 0.545 e. The fraction of sp³-hybridized carbons (Fsp3) is 0.0714. The summed E-state index contributed by atoms with van der Waals surface area (Å²) in [5.41, 5.74) is 0.164. The molecule has 2 aromatic rings. The summed E-state index contributed by atoms with van der Waals surface area (Å²) >= 11 is 0. The number of hydrogen-bond acceptors (Lipinski definition) is 4. The molecule has 0 saturated heterocycles. The Bertz CT molecular complexity index is 802. The van der Waals surface area contributed by atoms with Crippen molar-refractivity contribution in [3.05, 3.63) is 59.4 Å². The van der Waals surface area contributed by atoms with Gasteiger partial charge in [-0.05, 0) is 42.3 Å². The van der Waals surface area contributed by atoms with E-state index in [4.69, 9.17) is 0 Å². The molecule has 2 aromatic carbocycles. The monoisotopic (exact) mass is 308 g/mol. The van der Waals surface area contributed by atoms with Crippen LogP contribution in [0.25, 0.3) is 0 Å². The molecular formula is C14H11FNO4S-. The number of hydrogen-bond donors (Lipinski definition) is 1. The van der Waals surface area contributed by atoms with Crippen LogP contribution in [0.5, 0.6) is 0 Å². The molecule has 0 aliphatic heterocycles. The first-order valence-corrected chi connectivity index (χ1v) is 7.38. The number of aryl methyl sites for hydroxylation is 1. The number of rotatable bonds is 4. The van der Waals surface area contributed by atoms with E-state index in [1.54, 1.807) is 0 Å². The minimum atomic E-state index is -4.02. The summed E-state index contributed by atoms with van der Waals surface area (Å²) in [7, 11) is -4.02. The second-order valence-electron chi connectivity index (χ2n) is 4.38. The molecule has 0 amide bonds. The maximum absolute atomic E-state index is 13.1. The topological polar surface area (TPSA) is 86.3 Å². The van der Waals surface area contributed by atoms with Crippen LogP contribution in [0, 0.1) is 12.7 Å². The van der Waals surface area contributed by atoms with Crippen molar-refractivity contribution in [3.63, 3.8) is 0 Å². The molecule has 0 aromatic heterocycles. The van der Waals surface area contributed by atoms with Crippen LogP contribution in [0.4, 0.5) is 10.1 Å². The van der Waals surface area contributed by atoms with Gasteiger partial charge < -0.3 is 9.90 Å². The van der Waals surface area contributed by atoms with E-state index in [0.29, 0.717) is 5.56 Å². The third-order valence-corrected chi connectivity index (χ3v) is 4.31. The first kappa shape index (κ1) is 15.0. The normalized spacial score (nSPS) is 11.1. The highest BCUT2D eigenvalue weighted by Gasteiger charge is 2.18. The zero-order chi connectivity index (χ0) is 15.6. The summed E-state index contributed by atoms with van der Waals surface area (Å²) in [5.74, 6) is -2.06. The lowest BCUT2D eigenvalue weighted by atomic mass is 10.1. The van der Waals surface area contributed by atoms with Crippen LogP contribution in [-0.2, 0) is 10.0 Å². The first-order chi connectivity index (χ1) is 9.79. The van der Waals surface area contributed by atoms with Crippen molar-refractivity contribution in [2.45, 2.75) is 11.8 Å². The molecule has 0 bridgehead atoms. The zero-order valence-corrected chi connectivity index (χ0v) is 11.8. The summed E-state index contributed by atoms with van der Waals surface area (Å²) in [5, 5.41) is 10.8. The van der Waals surface area contributed by atoms with Gasteiger partial charge in [-0.1, -0.05) is 18.2 Å². The zero-order valence-electron chi connectivity index (χ0n) is 11.0. The number of carboxylic acids is 1. The predicted octanol–water partition coefficient (Wildman–Crippen LogP) is 1.30. The number of carboxylic acid groups (broad SMARTS) is 1. The molecule has 2 rings (SSSR count). The third kappa shape index (κ3) is 3.38. The Labute approximate surface area is 121 Å². The van der Waals surface area contributed by atoms with E-state index in [-0.39, 0.29) is 16.1 Å². The first-order valence-electron chi connectivity index (χ1n) is 5.90. The summed E-state index contributed by atoms with van der Waals surface area (Å²) in [6, 6.07) is 8.58. The summed E-state index contributed by atoms with van der Waals surface area (Å²) in [4.78, 5) is 10.6. The van der Waals surface area contributed by atoms with Gasteiger partial charge in [0.25, 0.3) is 10.0 Å². The third-order valence-electron chi connectivity index (χ3n) is 2.79. The highest BCUT2D eigenvalue weighted by molar-refractivity contribution is 7.92. The molecule has 7 heteroatoms. The maximum atomic E-state index is 13.1. The number of carbonyl (C=O) groups is 1. The number of sulfonamides is 1. The highest BCUT2D eigenvalue weighted by atomic mass is 32.2. The van der Waals surface area contributed by atoms with E-state index in [1.165, 1.54) is 37.3 Å². The quantitative estimate of drug-likeness (QED) is 0.922. The van der Waals surface area contributed by atoms with Crippen LogP contribution in [0.3, 0.4) is 0 Å². The average molecular weight is 308 g/mol. The smallest absolute Gasteiger partial charge is 0.262 e. The van der Waals surface area contributed by atoms with Crippen LogP contribution in [0.2, 0.25) is 0 Å². The predicted molar refractivity (Wildman–Crippen MR) is 72.7 cm³/mol. The molecule has 1 N–H and O–H groups in total. The van der Waals surface area contributed by atoms with Crippen LogP contribution >= 0.6 is 0 Å². The molecule has 0 heterocycles. The molecule has 0 fully saturated rings. The maximum Gasteiger partial charge on any atom is 0.262 e. The number of halogens is 1. The second kappa shape index (κ2) is 5.53. The lowest BCUT2D eigenvalue weighted by molar-refractivity contribution is -0.255. The van der Waals surface area contributed by atoms with E-state index in [9.17, 15) is 22.7 Å². The lowest BCUT2D eigenvalue weighted by Gasteiger charge is -2.12. The van der Waals surface area contributed by atoms with Gasteiger partial charge in [0, 0.05) is 0 Å². The van der Waals surface area contributed by atoms with Gasteiger partial charge in [-0.3, -0.25) is 4.72 Å². The van der Waals surface area contributed by atoms with Crippen molar-refractivity contribution in [3.8, 4) is 0 Å². The molecule has 0 atom stereocenters. The Morgan fingerprint density at radius 1 is 1.19 bits per heavy atom. The molecule has 110 valence electrons. The molecular weight excluding hydrogens is 297 g/mol. The number of aromatic carboxylic acids is 1. The van der Waals surface area contributed by atoms with Gasteiger partial charge in [0.1, 0.15) is 5.82 Å². The van der Waals surface area contributed by atoms with Crippen molar-refractivity contribution < 1.29 is 22.7 Å². The Hall–Kier alpha value is -2.41. The molecule has 5 nitrogen and oxygen atoms in total. The molecule has 0 spiro atoms. The van der Waals surface area contributed by atoms with Gasteiger partial charge in [0.2, 0.25) is 0 Å². The van der Waals surface area contributed by atoms with E-state index >= 15 is 0 Å². The van der Waals surface area contributed by atoms with E-state index in [2.05, 4.69) is 4.72 Å². The number of benzene rings is 2. The van der Waals surface area contributed by atoms with Crippen LogP contribution in [0.1, 0.15) is 15.9 Å². The molecule has 0 unspecified atom stereocenters. The van der Waals surface area contributed by atoms with Crippen molar-refractivity contribution in [1.29, 1.82) is 0 Å². The lowest BCUT2D eigenvalue weighted by Crippen LogP contribution is -2.23. The van der Waals surface area contributed by atoms with Gasteiger partial charge in [0.05, 0.1) is 16.6 Å². The van der Waals surface area contributed by atoms with Crippen molar-refractivity contribution in [2.24, 2.45) is 0 Å². The van der Waals surface area contributed by atoms with Crippen molar-refractivity contribution in [2.75, 3.05) is 4.72 Å². The average Bonchev–Trinajstić information content (AvgIpc) is 2.38. The summed E-state index contributed by atoms with van der Waals surface area (Å²) < 4.78 is 39.8. The van der Waals surface area contributed by atoms with E-state index < -0.39 is 21.8 Å². The Kier molecular flexibility index (Phi) is 3.95. The van der Waals surface area contributed by atoms with Gasteiger partial charge in [-0.15, -0.1) is 0 Å². The minimum Gasteiger partial charge on any atom is -0.545 e. The van der Waals surface area contributed by atoms with Gasteiger partial charge in [-0.25, -0.2) is 12.8 Å². The standard InChI is InChI=1S/C14H12FNO4S/c1-9-5-6-10(14(17)18)7-13(9)21(19,20)16-12-4-2-3-11(15)8-12/h2-8,16H,1H3,(H,17,18)/p-1. The fourth-order valence-corrected chi connectivity index (χ4v) is 3.10. The van der Waals surface area contributed by atoms with Crippen LogP contribution < -0.4 is 9.83 Å². The second-order valence-corrected chi connectivity index (χ2v) is 6.03. The van der Waals surface area contributed by atoms with Crippen molar-refractivity contribution >= 4 is 21.7 Å². The fourth-order valence-electron chi connectivity index (χ4n) is 1.78. The molecule has 21 heavy (non-hydrogen) atoms.